The zero-order chi connectivity index (χ0) is 23.3. The molecule has 0 saturated heterocycles. The minimum Gasteiger partial charge on any atom is -0.494 e. The summed E-state index contributed by atoms with van der Waals surface area (Å²) >= 11 is 0. The van der Waals surface area contributed by atoms with Crippen LogP contribution >= 0.6 is 0 Å². The predicted octanol–water partition coefficient (Wildman–Crippen LogP) is 5.61. The number of aromatic hydroxyl groups is 1. The van der Waals surface area contributed by atoms with Crippen LogP contribution in [0.25, 0.3) is 0 Å². The van der Waals surface area contributed by atoms with Gasteiger partial charge in [0.15, 0.2) is 0 Å². The molecule has 0 fully saturated rings. The van der Waals surface area contributed by atoms with Crippen LogP contribution in [0, 0.1) is 0 Å². The molecule has 0 radical (unpaired) electrons. The largest absolute Gasteiger partial charge is 0.494 e. The molecule has 0 bridgehead atoms. The second-order valence-corrected chi connectivity index (χ2v) is 8.58. The summed E-state index contributed by atoms with van der Waals surface area (Å²) in [6.07, 6.45) is 14.2. The number of benzene rings is 1. The van der Waals surface area contributed by atoms with Gasteiger partial charge in [-0.3, -0.25) is 18.9 Å². The van der Waals surface area contributed by atoms with Gasteiger partial charge in [-0.25, -0.2) is 4.79 Å². The summed E-state index contributed by atoms with van der Waals surface area (Å²) in [6, 6.07) is 9.41. The van der Waals surface area contributed by atoms with E-state index >= 15 is 0 Å². The van der Waals surface area contributed by atoms with E-state index < -0.39 is 11.2 Å². The molecule has 1 N–H and O–H groups in total. The summed E-state index contributed by atoms with van der Waals surface area (Å²) in [6.45, 7) is 2.24. The number of rotatable bonds is 14. The van der Waals surface area contributed by atoms with Gasteiger partial charge in [0.25, 0.3) is 5.56 Å². The molecule has 1 aromatic carbocycles. The number of hydrogen-bond donors (Lipinski definition) is 1. The second kappa shape index (κ2) is 13.7. The second-order valence-electron chi connectivity index (χ2n) is 8.58. The Hall–Kier alpha value is -2.63. The molecular formula is C26H39N3O3. The van der Waals surface area contributed by atoms with E-state index in [0.717, 1.165) is 34.1 Å². The van der Waals surface area contributed by atoms with Crippen molar-refractivity contribution in [1.29, 1.82) is 0 Å². The van der Waals surface area contributed by atoms with Crippen molar-refractivity contribution in [2.45, 2.75) is 84.0 Å². The van der Waals surface area contributed by atoms with Crippen LogP contribution in [0.3, 0.4) is 0 Å². The van der Waals surface area contributed by atoms with Crippen molar-refractivity contribution in [3.8, 4) is 5.88 Å². The van der Waals surface area contributed by atoms with E-state index in [9.17, 15) is 14.7 Å². The monoisotopic (exact) mass is 441 g/mol. The van der Waals surface area contributed by atoms with E-state index in [4.69, 9.17) is 0 Å². The van der Waals surface area contributed by atoms with E-state index in [1.165, 1.54) is 65.5 Å². The van der Waals surface area contributed by atoms with Gasteiger partial charge in [-0.1, -0.05) is 89.3 Å². The lowest BCUT2D eigenvalue weighted by atomic mass is 10.0. The van der Waals surface area contributed by atoms with Crippen LogP contribution in [0.1, 0.15) is 89.5 Å². The van der Waals surface area contributed by atoms with Gasteiger partial charge in [-0.15, -0.1) is 0 Å². The fourth-order valence-electron chi connectivity index (χ4n) is 3.94. The molecule has 32 heavy (non-hydrogen) atoms. The Morgan fingerprint density at radius 1 is 0.812 bits per heavy atom. The highest BCUT2D eigenvalue weighted by molar-refractivity contribution is 6.03. The number of aromatic nitrogens is 2. The van der Waals surface area contributed by atoms with Crippen LogP contribution in [0.5, 0.6) is 5.88 Å². The number of nitrogens with zero attached hydrogens (tertiary/aromatic N) is 3. The van der Waals surface area contributed by atoms with E-state index in [1.807, 2.05) is 30.3 Å². The van der Waals surface area contributed by atoms with Crippen LogP contribution in [0.2, 0.25) is 0 Å². The van der Waals surface area contributed by atoms with Gasteiger partial charge in [0.1, 0.15) is 5.56 Å². The molecule has 0 amide bonds. The number of para-hydroxylation sites is 1. The molecule has 6 nitrogen and oxygen atoms in total. The number of hydrogen-bond acceptors (Lipinski definition) is 4. The average molecular weight is 442 g/mol. The molecule has 0 aliphatic heterocycles. The van der Waals surface area contributed by atoms with E-state index in [1.54, 1.807) is 0 Å². The molecule has 0 spiro atoms. The Morgan fingerprint density at radius 3 is 1.91 bits per heavy atom. The molecule has 1 aromatic heterocycles. The van der Waals surface area contributed by atoms with Crippen molar-refractivity contribution in [2.24, 2.45) is 19.1 Å². The van der Waals surface area contributed by atoms with E-state index in [2.05, 4.69) is 11.9 Å². The van der Waals surface area contributed by atoms with Crippen LogP contribution < -0.4 is 11.2 Å². The molecule has 0 aliphatic rings. The Balaban J connectivity index is 2.00. The highest BCUT2D eigenvalue weighted by Crippen LogP contribution is 2.20. The minimum absolute atomic E-state index is 0.116. The first-order valence-electron chi connectivity index (χ1n) is 12.1. The third kappa shape index (κ3) is 7.50. The highest BCUT2D eigenvalue weighted by atomic mass is 16.3. The van der Waals surface area contributed by atoms with Crippen LogP contribution in [-0.4, -0.2) is 20.0 Å². The number of unbranched alkanes of at least 4 members (excludes halogenated alkanes) is 10. The maximum atomic E-state index is 12.8. The molecule has 0 unspecified atom stereocenters. The standard InChI is InChI=1S/C26H39N3O3/c1-4-5-6-7-8-9-10-11-12-13-17-20-22(27-21-18-15-14-16-19-21)23-24(30)28(2)26(32)29(3)25(23)31/h14-16,18-19,30H,4-13,17,20H2,1-3H3. The van der Waals surface area contributed by atoms with Gasteiger partial charge in [0.2, 0.25) is 5.88 Å². The minimum atomic E-state index is -0.551. The van der Waals surface area contributed by atoms with Crippen molar-refractivity contribution in [1.82, 2.24) is 9.13 Å². The van der Waals surface area contributed by atoms with Crippen molar-refractivity contribution < 1.29 is 5.11 Å². The van der Waals surface area contributed by atoms with Gasteiger partial charge in [0, 0.05) is 14.1 Å². The Kier molecular flexibility index (Phi) is 11.0. The van der Waals surface area contributed by atoms with Crippen molar-refractivity contribution in [3.05, 3.63) is 56.7 Å². The SMILES string of the molecule is CCCCCCCCCCCCCC(=Nc1ccccc1)c1c(O)n(C)c(=O)n(C)c1=O. The Bertz CT molecular complexity index is 974. The molecule has 0 saturated carbocycles. The van der Waals surface area contributed by atoms with Gasteiger partial charge >= 0.3 is 5.69 Å². The first-order chi connectivity index (χ1) is 15.5. The van der Waals surface area contributed by atoms with Crippen LogP contribution in [0.15, 0.2) is 44.9 Å². The highest BCUT2D eigenvalue weighted by Gasteiger charge is 2.20. The molecule has 176 valence electrons. The van der Waals surface area contributed by atoms with Gasteiger partial charge in [-0.2, -0.15) is 0 Å². The molecule has 2 rings (SSSR count). The number of aliphatic imine (C=N–C) groups is 1. The summed E-state index contributed by atoms with van der Waals surface area (Å²) in [5.41, 5.74) is 0.306. The summed E-state index contributed by atoms with van der Waals surface area (Å²) < 4.78 is 2.12. The smallest absolute Gasteiger partial charge is 0.333 e. The fourth-order valence-corrected chi connectivity index (χ4v) is 3.94. The Labute approximate surface area is 191 Å². The van der Waals surface area contributed by atoms with Crippen LogP contribution in [0.4, 0.5) is 5.69 Å². The van der Waals surface area contributed by atoms with Gasteiger partial charge in [-0.05, 0) is 25.0 Å². The average Bonchev–Trinajstić information content (AvgIpc) is 2.80. The third-order valence-corrected chi connectivity index (χ3v) is 5.96. The molecule has 6 heteroatoms. The zero-order valence-corrected chi connectivity index (χ0v) is 20.0. The zero-order valence-electron chi connectivity index (χ0n) is 20.0. The van der Waals surface area contributed by atoms with E-state index in [-0.39, 0.29) is 11.4 Å². The maximum Gasteiger partial charge on any atom is 0.333 e. The topological polar surface area (TPSA) is 76.6 Å². The van der Waals surface area contributed by atoms with Crippen molar-refractivity contribution in [2.75, 3.05) is 0 Å². The quantitative estimate of drug-likeness (QED) is 0.306. The summed E-state index contributed by atoms with van der Waals surface area (Å²) in [4.78, 5) is 29.6. The molecule has 1 heterocycles. The maximum absolute atomic E-state index is 12.8. The molecule has 2 aromatic rings. The van der Waals surface area contributed by atoms with Crippen molar-refractivity contribution >= 4 is 11.4 Å². The normalized spacial score (nSPS) is 11.8. The Morgan fingerprint density at radius 2 is 1.34 bits per heavy atom. The lowest BCUT2D eigenvalue weighted by Gasteiger charge is -2.13. The van der Waals surface area contributed by atoms with Crippen molar-refractivity contribution in [3.63, 3.8) is 0 Å². The first-order valence-corrected chi connectivity index (χ1v) is 12.1. The fraction of sp³-hybridized carbons (Fsp3) is 0.577. The molecule has 0 atom stereocenters. The first kappa shape index (κ1) is 25.6. The summed E-state index contributed by atoms with van der Waals surface area (Å²) in [5, 5.41) is 10.6. The van der Waals surface area contributed by atoms with Crippen LogP contribution in [-0.2, 0) is 14.1 Å². The lowest BCUT2D eigenvalue weighted by molar-refractivity contribution is 0.410. The van der Waals surface area contributed by atoms with Gasteiger partial charge < -0.3 is 5.11 Å². The predicted molar refractivity (Wildman–Crippen MR) is 132 cm³/mol. The summed E-state index contributed by atoms with van der Waals surface area (Å²) in [7, 11) is 2.89. The lowest BCUT2D eigenvalue weighted by Crippen LogP contribution is -2.40. The molecular weight excluding hydrogens is 402 g/mol. The van der Waals surface area contributed by atoms with Gasteiger partial charge in [0.05, 0.1) is 11.4 Å². The third-order valence-electron chi connectivity index (χ3n) is 5.96. The summed E-state index contributed by atoms with van der Waals surface area (Å²) in [5.74, 6) is -0.323. The van der Waals surface area contributed by atoms with E-state index in [0.29, 0.717) is 12.1 Å². The molecule has 0 aliphatic carbocycles.